The number of aryl methyl sites for hydroxylation is 1. The van der Waals surface area contributed by atoms with Crippen molar-refractivity contribution < 1.29 is 0 Å². The largest absolute Gasteiger partial charge is 0.369 e. The number of nitrogens with zero attached hydrogens (tertiary/aromatic N) is 4. The van der Waals surface area contributed by atoms with E-state index >= 15 is 0 Å². The highest BCUT2D eigenvalue weighted by Gasteiger charge is 2.07. The molecule has 0 saturated carbocycles. The molecule has 0 bridgehead atoms. The molecule has 16 heavy (non-hydrogen) atoms. The maximum atomic E-state index is 4.22. The summed E-state index contributed by atoms with van der Waals surface area (Å²) in [6.07, 6.45) is 3.35. The van der Waals surface area contributed by atoms with Gasteiger partial charge in [0.2, 0.25) is 0 Å². The Bertz CT molecular complexity index is 465. The number of rotatable bonds is 3. The Morgan fingerprint density at radius 3 is 2.81 bits per heavy atom. The first kappa shape index (κ1) is 12.7. The Hall–Kier alpha value is -1.36. The highest BCUT2D eigenvalue weighted by Crippen LogP contribution is 2.17. The zero-order valence-corrected chi connectivity index (χ0v) is 10.5. The number of anilines is 1. The van der Waals surface area contributed by atoms with E-state index in [1.807, 2.05) is 7.05 Å². The number of halogens is 1. The Kier molecular flexibility index (Phi) is 4.06. The Labute approximate surface area is 101 Å². The lowest BCUT2D eigenvalue weighted by Gasteiger charge is -2.08. The van der Waals surface area contributed by atoms with Crippen molar-refractivity contribution in [3.63, 3.8) is 0 Å². The van der Waals surface area contributed by atoms with Gasteiger partial charge in [-0.05, 0) is 5.92 Å². The maximum absolute atomic E-state index is 4.22. The van der Waals surface area contributed by atoms with E-state index in [4.69, 9.17) is 0 Å². The summed E-state index contributed by atoms with van der Waals surface area (Å²) in [4.78, 5) is 8.39. The topological polar surface area (TPSA) is 55.6 Å². The molecule has 0 aliphatic rings. The summed E-state index contributed by atoms with van der Waals surface area (Å²) in [5, 5.41) is 8.43. The minimum absolute atomic E-state index is 0. The molecule has 88 valence electrons. The molecule has 0 amide bonds. The van der Waals surface area contributed by atoms with Crippen LogP contribution in [-0.4, -0.2) is 26.3 Å². The summed E-state index contributed by atoms with van der Waals surface area (Å²) in [6.45, 7) is 5.23. The molecule has 0 spiro atoms. The third-order valence-corrected chi connectivity index (χ3v) is 2.21. The zero-order chi connectivity index (χ0) is 10.8. The first-order chi connectivity index (χ1) is 7.18. The van der Waals surface area contributed by atoms with Crippen LogP contribution >= 0.6 is 12.4 Å². The van der Waals surface area contributed by atoms with Gasteiger partial charge in [-0.2, -0.15) is 5.10 Å². The molecule has 5 nitrogen and oxygen atoms in total. The number of hydrogen-bond donors (Lipinski definition) is 1. The smallest absolute Gasteiger partial charge is 0.163 e. The Morgan fingerprint density at radius 2 is 2.12 bits per heavy atom. The molecule has 2 heterocycles. The molecule has 2 aromatic heterocycles. The third kappa shape index (κ3) is 2.41. The lowest BCUT2D eigenvalue weighted by molar-refractivity contribution is 0.687. The highest BCUT2D eigenvalue weighted by molar-refractivity contribution is 5.86. The molecule has 0 aliphatic heterocycles. The fourth-order valence-electron chi connectivity index (χ4n) is 1.40. The van der Waals surface area contributed by atoms with Gasteiger partial charge in [0.25, 0.3) is 0 Å². The minimum atomic E-state index is 0. The number of nitrogens with one attached hydrogen (secondary N) is 1. The summed E-state index contributed by atoms with van der Waals surface area (Å²) >= 11 is 0. The van der Waals surface area contributed by atoms with Crippen molar-refractivity contribution in [3.8, 4) is 0 Å². The minimum Gasteiger partial charge on any atom is -0.369 e. The second kappa shape index (κ2) is 5.12. The van der Waals surface area contributed by atoms with E-state index in [0.717, 1.165) is 23.4 Å². The third-order valence-electron chi connectivity index (χ3n) is 2.21. The van der Waals surface area contributed by atoms with Gasteiger partial charge in [0.15, 0.2) is 5.65 Å². The zero-order valence-electron chi connectivity index (χ0n) is 9.64. The van der Waals surface area contributed by atoms with Crippen LogP contribution in [0, 0.1) is 5.92 Å². The van der Waals surface area contributed by atoms with Gasteiger partial charge in [-0.3, -0.25) is 4.68 Å². The lowest BCUT2D eigenvalue weighted by Crippen LogP contribution is -2.09. The van der Waals surface area contributed by atoms with Gasteiger partial charge in [0.05, 0.1) is 11.6 Å². The molecular weight excluding hydrogens is 226 g/mol. The van der Waals surface area contributed by atoms with Crippen molar-refractivity contribution in [1.29, 1.82) is 0 Å². The van der Waals surface area contributed by atoms with Crippen molar-refractivity contribution >= 4 is 29.3 Å². The van der Waals surface area contributed by atoms with Crippen molar-refractivity contribution in [2.24, 2.45) is 13.0 Å². The number of fused-ring (bicyclic) bond motifs is 1. The Morgan fingerprint density at radius 1 is 1.38 bits per heavy atom. The van der Waals surface area contributed by atoms with Crippen LogP contribution in [0.1, 0.15) is 13.8 Å². The summed E-state index contributed by atoms with van der Waals surface area (Å²) < 4.78 is 1.75. The lowest BCUT2D eigenvalue weighted by atomic mass is 10.2. The van der Waals surface area contributed by atoms with E-state index < -0.39 is 0 Å². The van der Waals surface area contributed by atoms with Crippen LogP contribution in [0.15, 0.2) is 12.5 Å². The van der Waals surface area contributed by atoms with Crippen molar-refractivity contribution in [2.45, 2.75) is 13.8 Å². The van der Waals surface area contributed by atoms with Gasteiger partial charge in [-0.15, -0.1) is 12.4 Å². The van der Waals surface area contributed by atoms with E-state index in [2.05, 4.69) is 34.2 Å². The molecule has 0 saturated heterocycles. The van der Waals surface area contributed by atoms with Gasteiger partial charge in [-0.1, -0.05) is 13.8 Å². The summed E-state index contributed by atoms with van der Waals surface area (Å²) in [5.74, 6) is 1.45. The highest BCUT2D eigenvalue weighted by atomic mass is 35.5. The second-order valence-electron chi connectivity index (χ2n) is 4.00. The molecule has 6 heteroatoms. The van der Waals surface area contributed by atoms with Crippen LogP contribution in [0.3, 0.4) is 0 Å². The fourth-order valence-corrected chi connectivity index (χ4v) is 1.40. The van der Waals surface area contributed by atoms with Gasteiger partial charge in [0.1, 0.15) is 12.1 Å². The van der Waals surface area contributed by atoms with Gasteiger partial charge >= 0.3 is 0 Å². The monoisotopic (exact) mass is 241 g/mol. The van der Waals surface area contributed by atoms with Crippen molar-refractivity contribution in [3.05, 3.63) is 12.5 Å². The summed E-state index contributed by atoms with van der Waals surface area (Å²) in [5.41, 5.74) is 0.858. The predicted octanol–water partition coefficient (Wildman–Crippen LogP) is 1.85. The molecule has 1 N–H and O–H groups in total. The van der Waals surface area contributed by atoms with Crippen LogP contribution in [0.4, 0.5) is 5.82 Å². The molecule has 0 atom stereocenters. The van der Waals surface area contributed by atoms with E-state index in [0.29, 0.717) is 5.92 Å². The number of hydrogen-bond acceptors (Lipinski definition) is 4. The normalized spacial score (nSPS) is 10.5. The average Bonchev–Trinajstić information content (AvgIpc) is 2.58. The van der Waals surface area contributed by atoms with Gasteiger partial charge in [-0.25, -0.2) is 9.97 Å². The first-order valence-corrected chi connectivity index (χ1v) is 5.05. The van der Waals surface area contributed by atoms with Crippen LogP contribution < -0.4 is 5.32 Å². The molecule has 0 aliphatic carbocycles. The van der Waals surface area contributed by atoms with Gasteiger partial charge in [0, 0.05) is 13.6 Å². The fraction of sp³-hybridized carbons (Fsp3) is 0.500. The second-order valence-corrected chi connectivity index (χ2v) is 4.00. The van der Waals surface area contributed by atoms with E-state index in [9.17, 15) is 0 Å². The molecule has 0 aromatic carbocycles. The molecule has 0 fully saturated rings. The van der Waals surface area contributed by atoms with Crippen LogP contribution in [0.5, 0.6) is 0 Å². The Balaban J connectivity index is 0.00000128. The van der Waals surface area contributed by atoms with E-state index in [1.165, 1.54) is 0 Å². The van der Waals surface area contributed by atoms with Crippen LogP contribution in [-0.2, 0) is 7.05 Å². The number of aromatic nitrogens is 4. The molecular formula is C10H16ClN5. The van der Waals surface area contributed by atoms with E-state index in [1.54, 1.807) is 17.2 Å². The first-order valence-electron chi connectivity index (χ1n) is 5.05. The molecule has 2 rings (SSSR count). The predicted molar refractivity (Wildman–Crippen MR) is 66.9 cm³/mol. The van der Waals surface area contributed by atoms with Gasteiger partial charge < -0.3 is 5.32 Å². The van der Waals surface area contributed by atoms with Crippen molar-refractivity contribution in [1.82, 2.24) is 19.7 Å². The molecule has 0 unspecified atom stereocenters. The SMILES string of the molecule is CC(C)CNc1ncnc2c1cnn2C.Cl. The summed E-state index contributed by atoms with van der Waals surface area (Å²) in [7, 11) is 1.88. The molecule has 0 radical (unpaired) electrons. The summed E-state index contributed by atoms with van der Waals surface area (Å²) in [6, 6.07) is 0. The van der Waals surface area contributed by atoms with Crippen molar-refractivity contribution in [2.75, 3.05) is 11.9 Å². The van der Waals surface area contributed by atoms with E-state index in [-0.39, 0.29) is 12.4 Å². The van der Waals surface area contributed by atoms with Crippen LogP contribution in [0.25, 0.3) is 11.0 Å². The average molecular weight is 242 g/mol. The molecule has 2 aromatic rings. The van der Waals surface area contributed by atoms with Crippen LogP contribution in [0.2, 0.25) is 0 Å². The maximum Gasteiger partial charge on any atom is 0.163 e. The standard InChI is InChI=1S/C10H15N5.ClH/c1-7(2)4-11-9-8-5-14-15(3)10(8)13-6-12-9;/h5-7H,4H2,1-3H3,(H,11,12,13);1H. The quantitative estimate of drug-likeness (QED) is 0.891.